The molecule has 28 heavy (non-hydrogen) atoms. The molecule has 0 aliphatic carbocycles. The van der Waals surface area contributed by atoms with Gasteiger partial charge in [-0.1, -0.05) is 19.1 Å². The van der Waals surface area contributed by atoms with Crippen LogP contribution < -0.4 is 20.1 Å². The van der Waals surface area contributed by atoms with Crippen molar-refractivity contribution in [3.05, 3.63) is 24.3 Å². The maximum absolute atomic E-state index is 6.00. The molecule has 158 valence electrons. The minimum Gasteiger partial charge on any atom is -0.493 e. The van der Waals surface area contributed by atoms with Crippen molar-refractivity contribution in [3.8, 4) is 11.5 Å². The molecule has 2 unspecified atom stereocenters. The van der Waals surface area contributed by atoms with E-state index in [9.17, 15) is 0 Å². The van der Waals surface area contributed by atoms with Crippen molar-refractivity contribution in [1.29, 1.82) is 0 Å². The number of guanidine groups is 1. The average molecular weight is 393 g/mol. The highest BCUT2D eigenvalue weighted by atomic mass is 16.5. The first-order valence-electron chi connectivity index (χ1n) is 10.2. The quantitative estimate of drug-likeness (QED) is 0.469. The van der Waals surface area contributed by atoms with Gasteiger partial charge in [-0.15, -0.1) is 0 Å². The van der Waals surface area contributed by atoms with Gasteiger partial charge < -0.3 is 24.8 Å². The number of aliphatic imine (C=N–C) groups is 1. The maximum atomic E-state index is 6.00. The number of rotatable bonds is 10. The molecular formula is C21H36N4O3. The summed E-state index contributed by atoms with van der Waals surface area (Å²) in [6.07, 6.45) is -0.0223. The standard InChI is InChI=1S/C21H36N4O3/c1-5-22-21(23-14-17(2)16-25-10-12-27-13-11-25)24-15-18(3)28-20-9-7-6-8-19(20)26-4/h6-9,17-18H,5,10-16H2,1-4H3,(H2,22,23,24). The predicted octanol–water partition coefficient (Wildman–Crippen LogP) is 1.99. The fraction of sp³-hybridized carbons (Fsp3) is 0.667. The van der Waals surface area contributed by atoms with Crippen molar-refractivity contribution >= 4 is 5.96 Å². The van der Waals surface area contributed by atoms with Crippen LogP contribution in [0, 0.1) is 5.92 Å². The third-order valence-corrected chi connectivity index (χ3v) is 4.53. The van der Waals surface area contributed by atoms with Gasteiger partial charge in [0.15, 0.2) is 17.5 Å². The van der Waals surface area contributed by atoms with E-state index in [1.165, 1.54) is 0 Å². The third-order valence-electron chi connectivity index (χ3n) is 4.53. The monoisotopic (exact) mass is 392 g/mol. The summed E-state index contributed by atoms with van der Waals surface area (Å²) in [5.74, 6) is 2.81. The fourth-order valence-corrected chi connectivity index (χ4v) is 3.09. The number of benzene rings is 1. The van der Waals surface area contributed by atoms with Gasteiger partial charge in [0.2, 0.25) is 0 Å². The molecule has 1 aromatic rings. The van der Waals surface area contributed by atoms with Gasteiger partial charge in [-0.25, -0.2) is 0 Å². The Morgan fingerprint density at radius 1 is 1.18 bits per heavy atom. The molecule has 7 heteroatoms. The van der Waals surface area contributed by atoms with Crippen LogP contribution in [0.15, 0.2) is 29.3 Å². The van der Waals surface area contributed by atoms with Gasteiger partial charge in [0.05, 0.1) is 26.9 Å². The molecule has 1 aromatic carbocycles. The summed E-state index contributed by atoms with van der Waals surface area (Å²) in [5, 5.41) is 6.69. The first-order valence-corrected chi connectivity index (χ1v) is 10.2. The molecule has 0 radical (unpaired) electrons. The van der Waals surface area contributed by atoms with Crippen molar-refractivity contribution in [2.75, 3.05) is 59.6 Å². The molecule has 1 saturated heterocycles. The molecular weight excluding hydrogens is 356 g/mol. The number of para-hydroxylation sites is 2. The van der Waals surface area contributed by atoms with Crippen molar-refractivity contribution in [1.82, 2.24) is 15.5 Å². The van der Waals surface area contributed by atoms with Crippen LogP contribution in [0.2, 0.25) is 0 Å². The van der Waals surface area contributed by atoms with Gasteiger partial charge >= 0.3 is 0 Å². The minimum atomic E-state index is -0.0223. The topological polar surface area (TPSA) is 67.4 Å². The molecule has 1 aliphatic rings. The third kappa shape index (κ3) is 7.94. The fourth-order valence-electron chi connectivity index (χ4n) is 3.09. The van der Waals surface area contributed by atoms with E-state index >= 15 is 0 Å². The Morgan fingerprint density at radius 3 is 2.57 bits per heavy atom. The summed E-state index contributed by atoms with van der Waals surface area (Å²) >= 11 is 0. The van der Waals surface area contributed by atoms with E-state index < -0.39 is 0 Å². The second kappa shape index (κ2) is 12.5. The summed E-state index contributed by atoms with van der Waals surface area (Å²) < 4.78 is 16.8. The second-order valence-corrected chi connectivity index (χ2v) is 7.20. The summed E-state index contributed by atoms with van der Waals surface area (Å²) in [5.41, 5.74) is 0. The largest absolute Gasteiger partial charge is 0.493 e. The Bertz CT molecular complexity index is 591. The van der Waals surface area contributed by atoms with E-state index in [1.54, 1.807) is 7.11 Å². The molecule has 1 heterocycles. The van der Waals surface area contributed by atoms with E-state index in [4.69, 9.17) is 19.2 Å². The van der Waals surface area contributed by atoms with Gasteiger partial charge in [-0.05, 0) is 31.9 Å². The molecule has 0 bridgehead atoms. The molecule has 1 fully saturated rings. The maximum Gasteiger partial charge on any atom is 0.191 e. The Labute approximate surface area is 169 Å². The highest BCUT2D eigenvalue weighted by Crippen LogP contribution is 2.26. The minimum absolute atomic E-state index is 0.0223. The summed E-state index contributed by atoms with van der Waals surface area (Å²) in [6.45, 7) is 13.4. The number of ether oxygens (including phenoxy) is 3. The second-order valence-electron chi connectivity index (χ2n) is 7.20. The molecule has 2 rings (SSSR count). The molecule has 2 N–H and O–H groups in total. The number of hydrogen-bond acceptors (Lipinski definition) is 5. The van der Waals surface area contributed by atoms with Crippen LogP contribution in [0.4, 0.5) is 0 Å². The van der Waals surface area contributed by atoms with Crippen molar-refractivity contribution in [2.24, 2.45) is 10.9 Å². The van der Waals surface area contributed by atoms with Gasteiger partial charge in [-0.3, -0.25) is 9.89 Å². The van der Waals surface area contributed by atoms with Crippen LogP contribution in [0.25, 0.3) is 0 Å². The SMILES string of the molecule is CCNC(=NCC(C)CN1CCOCC1)NCC(C)Oc1ccccc1OC. The molecule has 1 aliphatic heterocycles. The van der Waals surface area contributed by atoms with Crippen LogP contribution in [0.3, 0.4) is 0 Å². The van der Waals surface area contributed by atoms with E-state index in [-0.39, 0.29) is 6.10 Å². The van der Waals surface area contributed by atoms with Crippen LogP contribution >= 0.6 is 0 Å². The Morgan fingerprint density at radius 2 is 1.89 bits per heavy atom. The molecule has 7 nitrogen and oxygen atoms in total. The molecule has 0 spiro atoms. The van der Waals surface area contributed by atoms with Crippen molar-refractivity contribution in [3.63, 3.8) is 0 Å². The highest BCUT2D eigenvalue weighted by molar-refractivity contribution is 5.79. The van der Waals surface area contributed by atoms with Crippen LogP contribution in [-0.2, 0) is 4.74 Å². The van der Waals surface area contributed by atoms with Crippen molar-refractivity contribution in [2.45, 2.75) is 26.9 Å². The van der Waals surface area contributed by atoms with Gasteiger partial charge in [0, 0.05) is 32.7 Å². The van der Waals surface area contributed by atoms with E-state index in [1.807, 2.05) is 31.2 Å². The number of nitrogens with zero attached hydrogens (tertiary/aromatic N) is 2. The van der Waals surface area contributed by atoms with E-state index in [2.05, 4.69) is 29.4 Å². The lowest BCUT2D eigenvalue weighted by molar-refractivity contribution is 0.0323. The number of nitrogens with one attached hydrogen (secondary N) is 2. The van der Waals surface area contributed by atoms with Gasteiger partial charge in [0.25, 0.3) is 0 Å². The van der Waals surface area contributed by atoms with Crippen molar-refractivity contribution < 1.29 is 14.2 Å². The van der Waals surface area contributed by atoms with Crippen LogP contribution in [0.1, 0.15) is 20.8 Å². The highest BCUT2D eigenvalue weighted by Gasteiger charge is 2.14. The summed E-state index contributed by atoms with van der Waals surface area (Å²) in [7, 11) is 1.65. The molecule has 0 saturated carbocycles. The Kier molecular flexibility index (Phi) is 9.93. The predicted molar refractivity (Wildman–Crippen MR) is 113 cm³/mol. The zero-order chi connectivity index (χ0) is 20.2. The first kappa shape index (κ1) is 22.3. The van der Waals surface area contributed by atoms with E-state index in [0.29, 0.717) is 12.5 Å². The lowest BCUT2D eigenvalue weighted by atomic mass is 10.1. The first-order chi connectivity index (χ1) is 13.6. The smallest absolute Gasteiger partial charge is 0.191 e. The van der Waals surface area contributed by atoms with Gasteiger partial charge in [0.1, 0.15) is 6.10 Å². The van der Waals surface area contributed by atoms with E-state index in [0.717, 1.165) is 63.4 Å². The van der Waals surface area contributed by atoms with Gasteiger partial charge in [-0.2, -0.15) is 0 Å². The summed E-state index contributed by atoms with van der Waals surface area (Å²) in [4.78, 5) is 7.20. The zero-order valence-corrected chi connectivity index (χ0v) is 17.7. The lowest BCUT2D eigenvalue weighted by Gasteiger charge is -2.28. The molecule has 0 amide bonds. The number of hydrogen-bond donors (Lipinski definition) is 2. The van der Waals surface area contributed by atoms with Crippen LogP contribution in [0.5, 0.6) is 11.5 Å². The number of morpholine rings is 1. The molecule has 0 aromatic heterocycles. The molecule has 2 atom stereocenters. The number of methoxy groups -OCH3 is 1. The Balaban J connectivity index is 1.79. The lowest BCUT2D eigenvalue weighted by Crippen LogP contribution is -2.42. The Hall–Kier alpha value is -1.99. The normalized spacial score (nSPS) is 17.6. The summed E-state index contributed by atoms with van der Waals surface area (Å²) in [6, 6.07) is 7.70. The average Bonchev–Trinajstić information content (AvgIpc) is 2.71. The van der Waals surface area contributed by atoms with Crippen LogP contribution in [-0.4, -0.2) is 76.6 Å². The zero-order valence-electron chi connectivity index (χ0n) is 17.7.